The predicted molar refractivity (Wildman–Crippen MR) is 77.2 cm³/mol. The Kier molecular flexibility index (Phi) is 6.02. The average molecular weight is 328 g/mol. The number of halogens is 1. The highest BCUT2D eigenvalue weighted by molar-refractivity contribution is 9.10. The van der Waals surface area contributed by atoms with Crippen molar-refractivity contribution < 1.29 is 14.7 Å². The number of hydrogen-bond acceptors (Lipinski definition) is 2. The molecule has 5 heteroatoms. The van der Waals surface area contributed by atoms with Crippen LogP contribution in [-0.4, -0.2) is 23.5 Å². The molecule has 0 radical (unpaired) electrons. The predicted octanol–water partition coefficient (Wildman–Crippen LogP) is 2.99. The lowest BCUT2D eigenvalue weighted by Gasteiger charge is -2.13. The maximum atomic E-state index is 12.0. The van der Waals surface area contributed by atoms with Gasteiger partial charge in [-0.1, -0.05) is 29.3 Å². The first-order valence-corrected chi connectivity index (χ1v) is 6.98. The lowest BCUT2D eigenvalue weighted by atomic mass is 10.0. The van der Waals surface area contributed by atoms with E-state index in [1.54, 1.807) is 12.1 Å². The van der Waals surface area contributed by atoms with E-state index >= 15 is 0 Å². The van der Waals surface area contributed by atoms with Gasteiger partial charge >= 0.3 is 5.97 Å². The van der Waals surface area contributed by atoms with E-state index in [4.69, 9.17) is 5.11 Å². The van der Waals surface area contributed by atoms with Gasteiger partial charge in [-0.2, -0.15) is 0 Å². The lowest BCUT2D eigenvalue weighted by molar-refractivity contribution is -0.138. The molecule has 19 heavy (non-hydrogen) atoms. The number of carboxylic acid groups (broad SMARTS) is 1. The van der Waals surface area contributed by atoms with E-state index in [9.17, 15) is 9.59 Å². The number of benzene rings is 1. The topological polar surface area (TPSA) is 66.4 Å². The molecule has 0 fully saturated rings. The van der Waals surface area contributed by atoms with Gasteiger partial charge in [0.15, 0.2) is 0 Å². The highest BCUT2D eigenvalue weighted by Gasteiger charge is 2.13. The van der Waals surface area contributed by atoms with Crippen molar-refractivity contribution in [2.24, 2.45) is 5.92 Å². The summed E-state index contributed by atoms with van der Waals surface area (Å²) < 4.78 is 0.857. The van der Waals surface area contributed by atoms with Gasteiger partial charge < -0.3 is 10.4 Å². The third-order valence-electron chi connectivity index (χ3n) is 2.90. The van der Waals surface area contributed by atoms with Crippen molar-refractivity contribution in [1.29, 1.82) is 0 Å². The Bertz CT molecular complexity index is 454. The fraction of sp³-hybridized carbons (Fsp3) is 0.429. The normalized spacial score (nSPS) is 11.9. The molecule has 1 atom stereocenters. The highest BCUT2D eigenvalue weighted by atomic mass is 79.9. The van der Waals surface area contributed by atoms with Crippen LogP contribution in [0.15, 0.2) is 22.7 Å². The summed E-state index contributed by atoms with van der Waals surface area (Å²) in [5.74, 6) is -1.04. The van der Waals surface area contributed by atoms with Crippen LogP contribution in [-0.2, 0) is 4.79 Å². The van der Waals surface area contributed by atoms with Crippen LogP contribution in [0.5, 0.6) is 0 Å². The van der Waals surface area contributed by atoms with Crippen LogP contribution in [0.2, 0.25) is 0 Å². The smallest absolute Gasteiger partial charge is 0.303 e. The summed E-state index contributed by atoms with van der Waals surface area (Å²) >= 11 is 3.35. The molecule has 0 saturated carbocycles. The number of rotatable bonds is 6. The minimum absolute atomic E-state index is 0.0327. The summed E-state index contributed by atoms with van der Waals surface area (Å²) in [5, 5.41) is 11.5. The summed E-state index contributed by atoms with van der Waals surface area (Å²) in [6.45, 7) is 4.22. The zero-order valence-electron chi connectivity index (χ0n) is 11.1. The van der Waals surface area contributed by atoms with Gasteiger partial charge in [0.25, 0.3) is 5.91 Å². The van der Waals surface area contributed by atoms with Crippen molar-refractivity contribution in [3.63, 3.8) is 0 Å². The molecular weight excluding hydrogens is 310 g/mol. The number of carbonyl (C=O) groups excluding carboxylic acids is 1. The molecule has 0 aliphatic rings. The number of carboxylic acids is 1. The van der Waals surface area contributed by atoms with Crippen LogP contribution in [0, 0.1) is 12.8 Å². The van der Waals surface area contributed by atoms with Gasteiger partial charge in [-0.3, -0.25) is 9.59 Å². The molecule has 1 amide bonds. The monoisotopic (exact) mass is 327 g/mol. The molecule has 0 spiro atoms. The molecule has 1 aromatic carbocycles. The number of aryl methyl sites for hydroxylation is 1. The highest BCUT2D eigenvalue weighted by Crippen LogP contribution is 2.15. The SMILES string of the molecule is CCC(CNC(=O)c1cc(C)cc(Br)c1)CC(=O)O. The fourth-order valence-corrected chi connectivity index (χ4v) is 2.42. The van der Waals surface area contributed by atoms with Crippen LogP contribution in [0.1, 0.15) is 35.7 Å². The molecule has 2 N–H and O–H groups in total. The molecular formula is C14H18BrNO3. The van der Waals surface area contributed by atoms with E-state index < -0.39 is 5.97 Å². The second-order valence-electron chi connectivity index (χ2n) is 4.60. The van der Waals surface area contributed by atoms with Crippen molar-refractivity contribution in [3.8, 4) is 0 Å². The summed E-state index contributed by atoms with van der Waals surface area (Å²) in [6, 6.07) is 5.48. The van der Waals surface area contributed by atoms with Gasteiger partial charge in [-0.25, -0.2) is 0 Å². The number of amides is 1. The van der Waals surface area contributed by atoms with E-state index in [1.807, 2.05) is 19.9 Å². The minimum atomic E-state index is -0.834. The molecule has 0 heterocycles. The summed E-state index contributed by atoms with van der Waals surface area (Å²) in [6.07, 6.45) is 0.804. The minimum Gasteiger partial charge on any atom is -0.481 e. The zero-order chi connectivity index (χ0) is 14.4. The van der Waals surface area contributed by atoms with Gasteiger partial charge in [0, 0.05) is 23.0 Å². The van der Waals surface area contributed by atoms with Crippen molar-refractivity contribution in [2.45, 2.75) is 26.7 Å². The number of hydrogen-bond donors (Lipinski definition) is 2. The number of nitrogens with one attached hydrogen (secondary N) is 1. The Morgan fingerprint density at radius 3 is 2.58 bits per heavy atom. The maximum absolute atomic E-state index is 12.0. The Morgan fingerprint density at radius 1 is 1.37 bits per heavy atom. The van der Waals surface area contributed by atoms with Crippen LogP contribution >= 0.6 is 15.9 Å². The first-order chi connectivity index (χ1) is 8.92. The molecule has 4 nitrogen and oxygen atoms in total. The first-order valence-electron chi connectivity index (χ1n) is 6.19. The quantitative estimate of drug-likeness (QED) is 0.844. The number of aliphatic carboxylic acids is 1. The zero-order valence-corrected chi connectivity index (χ0v) is 12.7. The second-order valence-corrected chi connectivity index (χ2v) is 5.52. The lowest BCUT2D eigenvalue weighted by Crippen LogP contribution is -2.30. The maximum Gasteiger partial charge on any atom is 0.303 e. The van der Waals surface area contributed by atoms with Crippen LogP contribution in [0.4, 0.5) is 0 Å². The van der Waals surface area contributed by atoms with Gasteiger partial charge in [0.05, 0.1) is 0 Å². The third-order valence-corrected chi connectivity index (χ3v) is 3.35. The summed E-state index contributed by atoms with van der Waals surface area (Å²) in [7, 11) is 0. The van der Waals surface area contributed by atoms with Gasteiger partial charge in [0.2, 0.25) is 0 Å². The van der Waals surface area contributed by atoms with Crippen LogP contribution < -0.4 is 5.32 Å². The Morgan fingerprint density at radius 2 is 2.05 bits per heavy atom. The van der Waals surface area contributed by atoms with E-state index in [1.165, 1.54) is 0 Å². The average Bonchev–Trinajstić information content (AvgIpc) is 2.32. The molecule has 0 bridgehead atoms. The molecule has 0 aliphatic carbocycles. The van der Waals surface area contributed by atoms with E-state index in [0.717, 1.165) is 16.5 Å². The molecule has 104 valence electrons. The second kappa shape index (κ2) is 7.28. The van der Waals surface area contributed by atoms with Gasteiger partial charge in [0.1, 0.15) is 0 Å². The van der Waals surface area contributed by atoms with E-state index in [0.29, 0.717) is 12.1 Å². The molecule has 1 rings (SSSR count). The Labute approximate surface area is 121 Å². The molecule has 0 aliphatic heterocycles. The fourth-order valence-electron chi connectivity index (χ4n) is 1.81. The Balaban J connectivity index is 2.61. The van der Waals surface area contributed by atoms with Crippen molar-refractivity contribution in [3.05, 3.63) is 33.8 Å². The van der Waals surface area contributed by atoms with Gasteiger partial charge in [-0.15, -0.1) is 0 Å². The van der Waals surface area contributed by atoms with Crippen molar-refractivity contribution in [1.82, 2.24) is 5.32 Å². The van der Waals surface area contributed by atoms with Crippen LogP contribution in [0.3, 0.4) is 0 Å². The molecule has 1 aromatic rings. The largest absolute Gasteiger partial charge is 0.481 e. The third kappa shape index (κ3) is 5.42. The molecule has 0 saturated heterocycles. The van der Waals surface area contributed by atoms with E-state index in [-0.39, 0.29) is 18.2 Å². The summed E-state index contributed by atoms with van der Waals surface area (Å²) in [5.41, 5.74) is 1.58. The summed E-state index contributed by atoms with van der Waals surface area (Å²) in [4.78, 5) is 22.6. The van der Waals surface area contributed by atoms with Crippen molar-refractivity contribution in [2.75, 3.05) is 6.54 Å². The van der Waals surface area contributed by atoms with E-state index in [2.05, 4.69) is 21.2 Å². The number of carbonyl (C=O) groups is 2. The molecule has 0 aromatic heterocycles. The standard InChI is InChI=1S/C14H18BrNO3/c1-3-10(6-13(17)18)8-16-14(19)11-4-9(2)5-12(15)7-11/h4-5,7,10H,3,6,8H2,1-2H3,(H,16,19)(H,17,18). The Hall–Kier alpha value is -1.36. The van der Waals surface area contributed by atoms with Crippen molar-refractivity contribution >= 4 is 27.8 Å². The van der Waals surface area contributed by atoms with Gasteiger partial charge in [-0.05, 0) is 36.6 Å². The van der Waals surface area contributed by atoms with Crippen LogP contribution in [0.25, 0.3) is 0 Å². The first kappa shape index (κ1) is 15.7. The molecule has 1 unspecified atom stereocenters.